The number of primary amides is 1. The Morgan fingerprint density at radius 2 is 1.81 bits per heavy atom. The van der Waals surface area contributed by atoms with Crippen LogP contribution in [0.2, 0.25) is 0 Å². The number of aryl methyl sites for hydroxylation is 4. The van der Waals surface area contributed by atoms with Crippen LogP contribution in [0.25, 0.3) is 11.1 Å². The average molecular weight is 383 g/mol. The largest absolute Gasteiger partial charge is 0.365 e. The lowest BCUT2D eigenvalue weighted by Crippen LogP contribution is -2.18. The second-order valence-corrected chi connectivity index (χ2v) is 7.53. The first kappa shape index (κ1) is 18.8. The molecule has 0 saturated heterocycles. The Morgan fingerprint density at radius 3 is 2.33 bits per heavy atom. The molecule has 2 amide bonds. The fourth-order valence-corrected chi connectivity index (χ4v) is 4.17. The predicted molar refractivity (Wildman–Crippen MR) is 106 cm³/mol. The average Bonchev–Trinajstić information content (AvgIpc) is 3.13. The zero-order valence-electron chi connectivity index (χ0n) is 15.7. The van der Waals surface area contributed by atoms with Gasteiger partial charge in [-0.3, -0.25) is 9.59 Å². The molecule has 0 atom stereocenters. The van der Waals surface area contributed by atoms with Crippen LogP contribution in [0, 0.1) is 20.8 Å². The molecule has 0 aliphatic carbocycles. The van der Waals surface area contributed by atoms with E-state index < -0.39 is 5.91 Å². The van der Waals surface area contributed by atoms with Gasteiger partial charge in [0.1, 0.15) is 16.3 Å². The first-order valence-corrected chi connectivity index (χ1v) is 9.41. The van der Waals surface area contributed by atoms with Crippen molar-refractivity contribution in [2.45, 2.75) is 34.1 Å². The molecule has 2 heterocycles. The molecule has 6 nitrogen and oxygen atoms in total. The summed E-state index contributed by atoms with van der Waals surface area (Å²) in [6.45, 7) is 7.36. The van der Waals surface area contributed by atoms with E-state index in [2.05, 4.69) is 17.4 Å². The smallest absolute Gasteiger partial charge is 0.261 e. The van der Waals surface area contributed by atoms with E-state index >= 15 is 0 Å². The molecule has 3 N–H and O–H groups in total. The van der Waals surface area contributed by atoms with Crippen molar-refractivity contribution in [1.82, 2.24) is 5.16 Å². The van der Waals surface area contributed by atoms with Crippen LogP contribution in [-0.4, -0.2) is 17.0 Å². The number of aromatic nitrogens is 1. The molecule has 140 valence electrons. The van der Waals surface area contributed by atoms with E-state index in [9.17, 15) is 9.59 Å². The zero-order chi connectivity index (χ0) is 19.7. The highest BCUT2D eigenvalue weighted by Crippen LogP contribution is 2.40. The van der Waals surface area contributed by atoms with Crippen LogP contribution in [0.5, 0.6) is 0 Å². The molecule has 0 unspecified atom stereocenters. The summed E-state index contributed by atoms with van der Waals surface area (Å²) in [6, 6.07) is 8.00. The third kappa shape index (κ3) is 3.50. The molecule has 0 bridgehead atoms. The van der Waals surface area contributed by atoms with Gasteiger partial charge < -0.3 is 15.6 Å². The minimum absolute atomic E-state index is 0.321. The molecule has 2 aromatic heterocycles. The van der Waals surface area contributed by atoms with Gasteiger partial charge in [-0.1, -0.05) is 36.3 Å². The van der Waals surface area contributed by atoms with E-state index in [1.54, 1.807) is 13.8 Å². The summed E-state index contributed by atoms with van der Waals surface area (Å²) in [7, 11) is 0. The van der Waals surface area contributed by atoms with Gasteiger partial charge in [-0.15, -0.1) is 11.3 Å². The van der Waals surface area contributed by atoms with E-state index in [0.717, 1.165) is 22.4 Å². The Balaban J connectivity index is 2.04. The van der Waals surface area contributed by atoms with Crippen LogP contribution < -0.4 is 11.1 Å². The summed E-state index contributed by atoms with van der Waals surface area (Å²) >= 11 is 1.33. The second kappa shape index (κ2) is 7.36. The molecule has 1 aromatic carbocycles. The molecule has 0 aliphatic heterocycles. The number of anilines is 1. The van der Waals surface area contributed by atoms with Crippen LogP contribution in [0.15, 0.2) is 28.8 Å². The normalized spacial score (nSPS) is 10.8. The number of nitrogens with two attached hydrogens (primary N) is 1. The molecule has 0 fully saturated rings. The maximum atomic E-state index is 12.7. The number of hydrogen-bond acceptors (Lipinski definition) is 5. The molecule has 7 heteroatoms. The molecule has 3 aromatic rings. The predicted octanol–water partition coefficient (Wildman–Crippen LogP) is 4.24. The molecule has 0 spiro atoms. The van der Waals surface area contributed by atoms with Gasteiger partial charge in [0.05, 0.1) is 11.3 Å². The van der Waals surface area contributed by atoms with E-state index in [4.69, 9.17) is 10.3 Å². The van der Waals surface area contributed by atoms with Crippen molar-refractivity contribution < 1.29 is 14.1 Å². The van der Waals surface area contributed by atoms with Crippen molar-refractivity contribution in [3.8, 4) is 11.1 Å². The van der Waals surface area contributed by atoms with Crippen molar-refractivity contribution in [2.24, 2.45) is 5.73 Å². The number of carbonyl (C=O) groups is 2. The fraction of sp³-hybridized carbons (Fsp3) is 0.250. The number of hydrogen-bond donors (Lipinski definition) is 2. The SMILES string of the molecule is CCc1ccc(-c2c(C)sc(NC(=O)c3c(C)noc3C)c2C(N)=O)cc1. The lowest BCUT2D eigenvalue weighted by molar-refractivity contribution is 0.100. The van der Waals surface area contributed by atoms with Gasteiger partial charge in [0, 0.05) is 10.4 Å². The van der Waals surface area contributed by atoms with Gasteiger partial charge in [-0.25, -0.2) is 0 Å². The van der Waals surface area contributed by atoms with Crippen molar-refractivity contribution in [1.29, 1.82) is 0 Å². The Labute approximate surface area is 161 Å². The summed E-state index contributed by atoms with van der Waals surface area (Å²) < 4.78 is 5.05. The second-order valence-electron chi connectivity index (χ2n) is 6.31. The molecule has 0 aliphatic rings. The highest BCUT2D eigenvalue weighted by Gasteiger charge is 2.25. The van der Waals surface area contributed by atoms with Crippen LogP contribution in [0.4, 0.5) is 5.00 Å². The molecular formula is C20H21N3O3S. The van der Waals surface area contributed by atoms with Crippen molar-refractivity contribution in [3.05, 3.63) is 57.3 Å². The van der Waals surface area contributed by atoms with Crippen LogP contribution in [0.1, 0.15) is 49.5 Å². The number of thiophene rings is 1. The van der Waals surface area contributed by atoms with Gasteiger partial charge in [-0.2, -0.15) is 0 Å². The summed E-state index contributed by atoms with van der Waals surface area (Å²) in [4.78, 5) is 25.8. The van der Waals surface area contributed by atoms with E-state index in [-0.39, 0.29) is 5.91 Å². The quantitative estimate of drug-likeness (QED) is 0.688. The third-order valence-corrected chi connectivity index (χ3v) is 5.49. The van der Waals surface area contributed by atoms with Crippen molar-refractivity contribution in [3.63, 3.8) is 0 Å². The van der Waals surface area contributed by atoms with Crippen LogP contribution in [0.3, 0.4) is 0 Å². The Bertz CT molecular complexity index is 997. The monoisotopic (exact) mass is 383 g/mol. The van der Waals surface area contributed by atoms with Crippen LogP contribution >= 0.6 is 11.3 Å². The standard InChI is InChI=1S/C20H21N3O3S/c1-5-13-6-8-14(9-7-13)16-12(4)27-20(17(16)18(21)24)22-19(25)15-10(2)23-26-11(15)3/h6-9H,5H2,1-4H3,(H2,21,24)(H,22,25). The molecular weight excluding hydrogens is 362 g/mol. The molecule has 0 saturated carbocycles. The van der Waals surface area contributed by atoms with Crippen molar-refractivity contribution >= 4 is 28.2 Å². The minimum Gasteiger partial charge on any atom is -0.365 e. The summed E-state index contributed by atoms with van der Waals surface area (Å²) in [5.41, 5.74) is 9.70. The number of carbonyl (C=O) groups excluding carboxylic acids is 2. The van der Waals surface area contributed by atoms with E-state index in [1.807, 2.05) is 31.2 Å². The van der Waals surface area contributed by atoms with Crippen LogP contribution in [-0.2, 0) is 6.42 Å². The number of amides is 2. The first-order valence-electron chi connectivity index (χ1n) is 8.60. The zero-order valence-corrected chi connectivity index (χ0v) is 16.5. The Kier molecular flexibility index (Phi) is 5.14. The molecule has 27 heavy (non-hydrogen) atoms. The number of rotatable bonds is 5. The van der Waals surface area contributed by atoms with Gasteiger partial charge >= 0.3 is 0 Å². The maximum absolute atomic E-state index is 12.7. The minimum atomic E-state index is -0.581. The highest BCUT2D eigenvalue weighted by atomic mass is 32.1. The number of benzene rings is 1. The number of nitrogens with one attached hydrogen (secondary N) is 1. The van der Waals surface area contributed by atoms with Gasteiger partial charge in [0.25, 0.3) is 11.8 Å². The first-order chi connectivity index (χ1) is 12.8. The third-order valence-electron chi connectivity index (χ3n) is 4.47. The fourth-order valence-electron chi connectivity index (χ4n) is 3.10. The Morgan fingerprint density at radius 1 is 1.15 bits per heavy atom. The lowest BCUT2D eigenvalue weighted by Gasteiger charge is -2.07. The van der Waals surface area contributed by atoms with Gasteiger partial charge in [0.2, 0.25) is 0 Å². The van der Waals surface area contributed by atoms with E-state index in [0.29, 0.717) is 27.6 Å². The van der Waals surface area contributed by atoms with Gasteiger partial charge in [-0.05, 0) is 38.3 Å². The molecule has 3 rings (SSSR count). The van der Waals surface area contributed by atoms with Crippen molar-refractivity contribution in [2.75, 3.05) is 5.32 Å². The Hall–Kier alpha value is -2.93. The van der Waals surface area contributed by atoms with E-state index in [1.165, 1.54) is 16.9 Å². The lowest BCUT2D eigenvalue weighted by atomic mass is 9.99. The highest BCUT2D eigenvalue weighted by molar-refractivity contribution is 7.17. The summed E-state index contributed by atoms with van der Waals surface area (Å²) in [5.74, 6) is -0.528. The maximum Gasteiger partial charge on any atom is 0.261 e. The summed E-state index contributed by atoms with van der Waals surface area (Å²) in [6.07, 6.45) is 0.935. The topological polar surface area (TPSA) is 98.2 Å². The summed E-state index contributed by atoms with van der Waals surface area (Å²) in [5, 5.41) is 7.04. The molecule has 0 radical (unpaired) electrons. The van der Waals surface area contributed by atoms with Gasteiger partial charge in [0.15, 0.2) is 0 Å². The number of nitrogens with zero attached hydrogens (tertiary/aromatic N) is 1.